The molecule has 0 spiro atoms. The van der Waals surface area contributed by atoms with E-state index in [-0.39, 0.29) is 6.61 Å². The summed E-state index contributed by atoms with van der Waals surface area (Å²) in [6.07, 6.45) is -1.45. The van der Waals surface area contributed by atoms with Crippen LogP contribution in [0.15, 0.2) is 30.3 Å². The van der Waals surface area contributed by atoms with Gasteiger partial charge in [-0.3, -0.25) is 4.79 Å². The standard InChI is InChI=1S/C16H22N2O5/c17-9-14(21)18(15-12(19)7-4-8-13(15)20)16(22)23-10-11-5-2-1-3-6-11/h1-3,5-6,12-13,15,19-20H,4,7-10,17H2. The van der Waals surface area contributed by atoms with Crippen LogP contribution in [0.2, 0.25) is 0 Å². The first-order valence-corrected chi connectivity index (χ1v) is 7.63. The minimum Gasteiger partial charge on any atom is -0.444 e. The third-order valence-electron chi connectivity index (χ3n) is 3.93. The monoisotopic (exact) mass is 322 g/mol. The summed E-state index contributed by atoms with van der Waals surface area (Å²) < 4.78 is 5.15. The number of hydrogen-bond donors (Lipinski definition) is 3. The fourth-order valence-electron chi connectivity index (χ4n) is 2.76. The van der Waals surface area contributed by atoms with Crippen molar-refractivity contribution in [2.75, 3.05) is 6.54 Å². The maximum Gasteiger partial charge on any atom is 0.417 e. The Hall–Kier alpha value is -1.96. The lowest BCUT2D eigenvalue weighted by Gasteiger charge is -2.38. The van der Waals surface area contributed by atoms with Crippen molar-refractivity contribution in [1.82, 2.24) is 4.90 Å². The van der Waals surface area contributed by atoms with Crippen LogP contribution in [0.1, 0.15) is 24.8 Å². The van der Waals surface area contributed by atoms with Crippen LogP contribution >= 0.6 is 0 Å². The van der Waals surface area contributed by atoms with Gasteiger partial charge in [-0.05, 0) is 24.8 Å². The average molecular weight is 322 g/mol. The Morgan fingerprint density at radius 3 is 2.35 bits per heavy atom. The molecule has 1 aliphatic carbocycles. The zero-order valence-corrected chi connectivity index (χ0v) is 12.8. The molecule has 2 unspecified atom stereocenters. The summed E-state index contributed by atoms with van der Waals surface area (Å²) in [5.41, 5.74) is 6.12. The maximum atomic E-state index is 12.3. The van der Waals surface area contributed by atoms with Crippen molar-refractivity contribution in [2.24, 2.45) is 5.73 Å². The molecule has 126 valence electrons. The van der Waals surface area contributed by atoms with Crippen molar-refractivity contribution in [1.29, 1.82) is 0 Å². The zero-order chi connectivity index (χ0) is 16.8. The van der Waals surface area contributed by atoms with Crippen LogP contribution < -0.4 is 5.73 Å². The first-order chi connectivity index (χ1) is 11.0. The van der Waals surface area contributed by atoms with Gasteiger partial charge >= 0.3 is 6.09 Å². The van der Waals surface area contributed by atoms with Crippen LogP contribution in [0.3, 0.4) is 0 Å². The fraction of sp³-hybridized carbons (Fsp3) is 0.500. The van der Waals surface area contributed by atoms with E-state index in [1.165, 1.54) is 0 Å². The second kappa shape index (κ2) is 8.05. The zero-order valence-electron chi connectivity index (χ0n) is 12.8. The molecule has 1 aromatic carbocycles. The van der Waals surface area contributed by atoms with Gasteiger partial charge in [0.1, 0.15) is 6.61 Å². The summed E-state index contributed by atoms with van der Waals surface area (Å²) in [6.45, 7) is -0.413. The van der Waals surface area contributed by atoms with Crippen LogP contribution in [0, 0.1) is 0 Å². The Labute approximate surface area is 134 Å². The lowest BCUT2D eigenvalue weighted by atomic mass is 9.89. The molecule has 0 bridgehead atoms. The molecule has 2 amide bonds. The summed E-state index contributed by atoms with van der Waals surface area (Å²) in [5.74, 6) is -0.687. The van der Waals surface area contributed by atoms with Gasteiger partial charge < -0.3 is 20.7 Å². The summed E-state index contributed by atoms with van der Waals surface area (Å²) in [4.78, 5) is 25.1. The lowest BCUT2D eigenvalue weighted by molar-refractivity contribution is -0.138. The smallest absolute Gasteiger partial charge is 0.417 e. The number of rotatable bonds is 4. The Balaban J connectivity index is 2.10. The topological polar surface area (TPSA) is 113 Å². The van der Waals surface area contributed by atoms with E-state index < -0.39 is 36.8 Å². The largest absolute Gasteiger partial charge is 0.444 e. The molecule has 0 aliphatic heterocycles. The molecule has 1 saturated carbocycles. The molecular weight excluding hydrogens is 300 g/mol. The minimum atomic E-state index is -1.02. The number of carbonyl (C=O) groups is 2. The van der Waals surface area contributed by atoms with Crippen molar-refractivity contribution < 1.29 is 24.5 Å². The van der Waals surface area contributed by atoms with Gasteiger partial charge in [0, 0.05) is 0 Å². The number of imide groups is 1. The molecule has 1 aromatic rings. The molecule has 2 rings (SSSR count). The highest BCUT2D eigenvalue weighted by molar-refractivity contribution is 5.93. The van der Waals surface area contributed by atoms with Crippen molar-refractivity contribution in [3.63, 3.8) is 0 Å². The quantitative estimate of drug-likeness (QED) is 0.739. The number of nitrogens with two attached hydrogens (primary N) is 1. The van der Waals surface area contributed by atoms with E-state index >= 15 is 0 Å². The number of amides is 2. The molecule has 4 N–H and O–H groups in total. The molecule has 1 fully saturated rings. The first-order valence-electron chi connectivity index (χ1n) is 7.63. The molecule has 7 nitrogen and oxygen atoms in total. The van der Waals surface area contributed by atoms with Gasteiger partial charge in [0.15, 0.2) is 0 Å². The normalized spacial score (nSPS) is 24.0. The average Bonchev–Trinajstić information content (AvgIpc) is 2.56. The van der Waals surface area contributed by atoms with Crippen molar-refractivity contribution in [3.8, 4) is 0 Å². The number of aliphatic hydroxyl groups is 2. The van der Waals surface area contributed by atoms with Crippen molar-refractivity contribution in [3.05, 3.63) is 35.9 Å². The molecule has 1 aliphatic rings. The fourth-order valence-corrected chi connectivity index (χ4v) is 2.76. The van der Waals surface area contributed by atoms with E-state index in [9.17, 15) is 19.8 Å². The van der Waals surface area contributed by atoms with Gasteiger partial charge in [-0.25, -0.2) is 9.69 Å². The van der Waals surface area contributed by atoms with Crippen LogP contribution in [0.5, 0.6) is 0 Å². The van der Waals surface area contributed by atoms with E-state index in [4.69, 9.17) is 10.5 Å². The summed E-state index contributed by atoms with van der Waals surface area (Å²) in [7, 11) is 0. The number of carbonyl (C=O) groups excluding carboxylic acids is 2. The number of nitrogens with zero attached hydrogens (tertiary/aromatic N) is 1. The van der Waals surface area contributed by atoms with Crippen LogP contribution in [-0.2, 0) is 16.1 Å². The molecule has 0 aromatic heterocycles. The number of aliphatic hydroxyl groups excluding tert-OH is 2. The second-order valence-corrected chi connectivity index (χ2v) is 5.56. The Bertz CT molecular complexity index is 527. The van der Waals surface area contributed by atoms with Gasteiger partial charge in [-0.2, -0.15) is 0 Å². The number of benzene rings is 1. The van der Waals surface area contributed by atoms with Gasteiger partial charge in [0.2, 0.25) is 5.91 Å². The van der Waals surface area contributed by atoms with Crippen LogP contribution in [0.25, 0.3) is 0 Å². The highest BCUT2D eigenvalue weighted by atomic mass is 16.6. The summed E-state index contributed by atoms with van der Waals surface area (Å²) >= 11 is 0. The van der Waals surface area contributed by atoms with Gasteiger partial charge in [-0.15, -0.1) is 0 Å². The van der Waals surface area contributed by atoms with Crippen molar-refractivity contribution in [2.45, 2.75) is 44.1 Å². The number of ether oxygens (including phenoxy) is 1. The molecule has 2 atom stereocenters. The van der Waals surface area contributed by atoms with Crippen LogP contribution in [0.4, 0.5) is 4.79 Å². The Kier molecular flexibility index (Phi) is 6.09. The summed E-state index contributed by atoms with van der Waals surface area (Å²) in [6, 6.07) is 7.99. The maximum absolute atomic E-state index is 12.3. The van der Waals surface area contributed by atoms with Gasteiger partial charge in [0.25, 0.3) is 0 Å². The van der Waals surface area contributed by atoms with E-state index in [1.807, 2.05) is 6.07 Å². The third-order valence-corrected chi connectivity index (χ3v) is 3.93. The number of hydrogen-bond acceptors (Lipinski definition) is 6. The van der Waals surface area contributed by atoms with E-state index in [2.05, 4.69) is 0 Å². The van der Waals surface area contributed by atoms with E-state index in [0.29, 0.717) is 19.3 Å². The third kappa shape index (κ3) is 4.28. The lowest BCUT2D eigenvalue weighted by Crippen LogP contribution is -2.58. The molecule has 0 heterocycles. The van der Waals surface area contributed by atoms with E-state index in [0.717, 1.165) is 10.5 Å². The SMILES string of the molecule is NCC(=O)N(C(=O)OCc1ccccc1)C1C(O)CCCC1O. The summed E-state index contributed by atoms with van der Waals surface area (Å²) in [5, 5.41) is 20.2. The Morgan fingerprint density at radius 1 is 1.17 bits per heavy atom. The predicted molar refractivity (Wildman–Crippen MR) is 82.2 cm³/mol. The minimum absolute atomic E-state index is 0.00701. The highest BCUT2D eigenvalue weighted by Gasteiger charge is 2.41. The molecule has 23 heavy (non-hydrogen) atoms. The van der Waals surface area contributed by atoms with Crippen LogP contribution in [-0.4, -0.2) is 51.9 Å². The van der Waals surface area contributed by atoms with Gasteiger partial charge in [0.05, 0.1) is 24.8 Å². The molecule has 7 heteroatoms. The first kappa shape index (κ1) is 17.4. The molecular formula is C16H22N2O5. The molecule has 0 radical (unpaired) electrons. The molecule has 0 saturated heterocycles. The van der Waals surface area contributed by atoms with Crippen molar-refractivity contribution >= 4 is 12.0 Å². The van der Waals surface area contributed by atoms with Gasteiger partial charge in [-0.1, -0.05) is 30.3 Å². The predicted octanol–water partition coefficient (Wildman–Crippen LogP) is 0.385. The van der Waals surface area contributed by atoms with E-state index in [1.54, 1.807) is 24.3 Å². The Morgan fingerprint density at radius 2 is 1.78 bits per heavy atom. The second-order valence-electron chi connectivity index (χ2n) is 5.56. The highest BCUT2D eigenvalue weighted by Crippen LogP contribution is 2.25.